The number of benzene rings is 6. The number of pyridine rings is 2. The fourth-order valence-corrected chi connectivity index (χ4v) is 8.83. The van der Waals surface area contributed by atoms with Gasteiger partial charge in [-0.15, -0.1) is 0 Å². The van der Waals surface area contributed by atoms with Crippen LogP contribution in [0.15, 0.2) is 182 Å². The summed E-state index contributed by atoms with van der Waals surface area (Å²) < 4.78 is 0. The third-order valence-electron chi connectivity index (χ3n) is 11.8. The standard InChI is InChI=1S/C55H48N2/c1-53(2,3)39-29-31-56-51(35-39)47-33-41(25-27-43(47)37-17-9-7-10-18-37)55(49-23-15-13-21-45(49)46-22-14-16-24-50(46)55)42-26-28-44(38-19-11-8-12-20-38)48(34-42)52-36-40(30-32-57-52)54(4,5)6/h7-36H,1-6H3. The van der Waals surface area contributed by atoms with Crippen LogP contribution in [0.2, 0.25) is 0 Å². The highest BCUT2D eigenvalue weighted by atomic mass is 14.7. The van der Waals surface area contributed by atoms with E-state index in [0.29, 0.717) is 0 Å². The minimum Gasteiger partial charge on any atom is -0.256 e. The summed E-state index contributed by atoms with van der Waals surface area (Å²) in [7, 11) is 0. The van der Waals surface area contributed by atoms with E-state index in [2.05, 4.69) is 211 Å². The van der Waals surface area contributed by atoms with Gasteiger partial charge in [0.25, 0.3) is 0 Å². The molecule has 2 nitrogen and oxygen atoms in total. The molecule has 0 radical (unpaired) electrons. The number of aromatic nitrogens is 2. The second-order valence-corrected chi connectivity index (χ2v) is 17.5. The highest BCUT2D eigenvalue weighted by molar-refractivity contribution is 5.91. The molecule has 8 aromatic rings. The third-order valence-corrected chi connectivity index (χ3v) is 11.8. The first-order valence-electron chi connectivity index (χ1n) is 20.1. The van der Waals surface area contributed by atoms with Crippen molar-refractivity contribution in [1.82, 2.24) is 9.97 Å². The predicted molar refractivity (Wildman–Crippen MR) is 238 cm³/mol. The number of rotatable bonds is 6. The summed E-state index contributed by atoms with van der Waals surface area (Å²) in [5, 5.41) is 0. The van der Waals surface area contributed by atoms with Gasteiger partial charge in [-0.1, -0.05) is 175 Å². The summed E-state index contributed by atoms with van der Waals surface area (Å²) in [5.41, 5.74) is 18.1. The van der Waals surface area contributed by atoms with Crippen molar-refractivity contribution in [2.45, 2.75) is 57.8 Å². The van der Waals surface area contributed by atoms with E-state index < -0.39 is 5.41 Å². The van der Waals surface area contributed by atoms with Gasteiger partial charge in [-0.25, -0.2) is 0 Å². The van der Waals surface area contributed by atoms with Crippen LogP contribution in [-0.2, 0) is 16.2 Å². The lowest BCUT2D eigenvalue weighted by Crippen LogP contribution is -2.29. The molecule has 1 aliphatic carbocycles. The minimum atomic E-state index is -0.635. The molecule has 57 heavy (non-hydrogen) atoms. The maximum atomic E-state index is 5.08. The molecule has 0 N–H and O–H groups in total. The second kappa shape index (κ2) is 14.0. The molecule has 0 bridgehead atoms. The summed E-state index contributed by atoms with van der Waals surface area (Å²) >= 11 is 0. The summed E-state index contributed by atoms with van der Waals surface area (Å²) in [6, 6.07) is 62.6. The van der Waals surface area contributed by atoms with Crippen LogP contribution in [-0.4, -0.2) is 9.97 Å². The van der Waals surface area contributed by atoms with E-state index in [-0.39, 0.29) is 10.8 Å². The lowest BCUT2D eigenvalue weighted by molar-refractivity contribution is 0.589. The molecule has 0 aliphatic heterocycles. The fraction of sp³-hybridized carbons (Fsp3) is 0.164. The second-order valence-electron chi connectivity index (χ2n) is 17.5. The number of nitrogens with zero attached hydrogens (tertiary/aromatic N) is 2. The SMILES string of the molecule is CC(C)(C)c1ccnc(-c2cc(C3(c4ccc(-c5ccccc5)c(-c5cc(C(C)(C)C)ccn5)c4)c4ccccc4-c4ccccc43)ccc2-c2ccccc2)c1. The van der Waals surface area contributed by atoms with E-state index in [1.54, 1.807) is 0 Å². The van der Waals surface area contributed by atoms with Gasteiger partial charge in [-0.2, -0.15) is 0 Å². The molecule has 0 spiro atoms. The zero-order valence-corrected chi connectivity index (χ0v) is 33.7. The third kappa shape index (κ3) is 6.30. The topological polar surface area (TPSA) is 25.8 Å². The zero-order valence-electron chi connectivity index (χ0n) is 33.7. The Kier molecular flexibility index (Phi) is 8.89. The molecule has 2 aromatic heterocycles. The van der Waals surface area contributed by atoms with Crippen LogP contribution in [0.4, 0.5) is 0 Å². The van der Waals surface area contributed by atoms with Gasteiger partial charge < -0.3 is 0 Å². The Morgan fingerprint density at radius 2 is 0.737 bits per heavy atom. The first-order chi connectivity index (χ1) is 27.5. The van der Waals surface area contributed by atoms with Crippen molar-refractivity contribution >= 4 is 0 Å². The average molecular weight is 737 g/mol. The van der Waals surface area contributed by atoms with Gasteiger partial charge in [0, 0.05) is 23.5 Å². The van der Waals surface area contributed by atoms with E-state index in [4.69, 9.17) is 9.97 Å². The minimum absolute atomic E-state index is 0.0258. The normalized spacial score (nSPS) is 13.2. The van der Waals surface area contributed by atoms with Crippen LogP contribution in [0.5, 0.6) is 0 Å². The molecule has 2 heterocycles. The van der Waals surface area contributed by atoms with Crippen LogP contribution < -0.4 is 0 Å². The van der Waals surface area contributed by atoms with Crippen LogP contribution in [0.3, 0.4) is 0 Å². The smallest absolute Gasteiger partial charge is 0.0714 e. The molecule has 0 saturated heterocycles. The van der Waals surface area contributed by atoms with E-state index in [0.717, 1.165) is 33.6 Å². The molecule has 0 saturated carbocycles. The van der Waals surface area contributed by atoms with E-state index >= 15 is 0 Å². The summed E-state index contributed by atoms with van der Waals surface area (Å²) in [6.07, 6.45) is 3.95. The Morgan fingerprint density at radius 3 is 1.14 bits per heavy atom. The number of hydrogen-bond acceptors (Lipinski definition) is 2. The van der Waals surface area contributed by atoms with Crippen molar-refractivity contribution in [2.75, 3.05) is 0 Å². The fourth-order valence-electron chi connectivity index (χ4n) is 8.83. The molecular formula is C55H48N2. The lowest BCUT2D eigenvalue weighted by Gasteiger charge is -2.35. The van der Waals surface area contributed by atoms with E-state index in [1.165, 1.54) is 55.6 Å². The molecule has 0 amide bonds. The molecule has 0 unspecified atom stereocenters. The average Bonchev–Trinajstić information content (AvgIpc) is 3.54. The Labute approximate surface area is 338 Å². The van der Waals surface area contributed by atoms with E-state index in [1.807, 2.05) is 12.4 Å². The highest BCUT2D eigenvalue weighted by Gasteiger charge is 2.46. The van der Waals surface area contributed by atoms with Crippen LogP contribution in [0.25, 0.3) is 55.9 Å². The van der Waals surface area contributed by atoms with Gasteiger partial charge in [0.2, 0.25) is 0 Å². The van der Waals surface area contributed by atoms with Crippen molar-refractivity contribution < 1.29 is 0 Å². The first kappa shape index (κ1) is 36.3. The van der Waals surface area contributed by atoms with Gasteiger partial charge in [-0.3, -0.25) is 9.97 Å². The van der Waals surface area contributed by atoms with Crippen LogP contribution in [0, 0.1) is 0 Å². The van der Waals surface area contributed by atoms with Crippen molar-refractivity contribution in [3.05, 3.63) is 216 Å². The van der Waals surface area contributed by atoms with Crippen molar-refractivity contribution in [3.8, 4) is 55.9 Å². The van der Waals surface area contributed by atoms with Gasteiger partial charge >= 0.3 is 0 Å². The monoisotopic (exact) mass is 736 g/mol. The summed E-state index contributed by atoms with van der Waals surface area (Å²) in [5.74, 6) is 0. The van der Waals surface area contributed by atoms with Gasteiger partial charge in [-0.05, 0) is 114 Å². The molecule has 0 atom stereocenters. The zero-order chi connectivity index (χ0) is 39.4. The molecule has 6 aromatic carbocycles. The van der Waals surface area contributed by atoms with Crippen LogP contribution in [0.1, 0.15) is 74.9 Å². The first-order valence-corrected chi connectivity index (χ1v) is 20.1. The Morgan fingerprint density at radius 1 is 0.351 bits per heavy atom. The van der Waals surface area contributed by atoms with Crippen LogP contribution >= 0.6 is 0 Å². The van der Waals surface area contributed by atoms with Gasteiger partial charge in [0.05, 0.1) is 16.8 Å². The highest BCUT2D eigenvalue weighted by Crippen LogP contribution is 2.57. The van der Waals surface area contributed by atoms with Gasteiger partial charge in [0.1, 0.15) is 0 Å². The van der Waals surface area contributed by atoms with Crippen molar-refractivity contribution in [2.24, 2.45) is 0 Å². The predicted octanol–water partition coefficient (Wildman–Crippen LogP) is 14.1. The summed E-state index contributed by atoms with van der Waals surface area (Å²) in [4.78, 5) is 10.2. The molecule has 278 valence electrons. The Balaban J connectivity index is 1.38. The quantitative estimate of drug-likeness (QED) is 0.170. The molecule has 2 heteroatoms. The Bertz CT molecular complexity index is 2550. The molecule has 9 rings (SSSR count). The maximum Gasteiger partial charge on any atom is 0.0714 e. The summed E-state index contributed by atoms with van der Waals surface area (Å²) in [6.45, 7) is 13.6. The lowest BCUT2D eigenvalue weighted by atomic mass is 9.66. The Hall–Kier alpha value is -6.38. The van der Waals surface area contributed by atoms with Crippen molar-refractivity contribution in [3.63, 3.8) is 0 Å². The van der Waals surface area contributed by atoms with E-state index in [9.17, 15) is 0 Å². The number of fused-ring (bicyclic) bond motifs is 3. The maximum absolute atomic E-state index is 5.08. The molecule has 1 aliphatic rings. The molecular weight excluding hydrogens is 689 g/mol. The van der Waals surface area contributed by atoms with Gasteiger partial charge in [0.15, 0.2) is 0 Å². The number of hydrogen-bond donors (Lipinski definition) is 0. The van der Waals surface area contributed by atoms with Crippen molar-refractivity contribution in [1.29, 1.82) is 0 Å². The molecule has 0 fully saturated rings. The largest absolute Gasteiger partial charge is 0.256 e.